The Bertz CT molecular complexity index is 1290. The normalized spacial score (nSPS) is 13.0. The Kier molecular flexibility index (Phi) is 45.6. The molecule has 1 atom stereocenters. The minimum absolute atomic E-state index is 0.128. The first-order valence-electron chi connectivity index (χ1n) is 24.4. The number of hydrogen-bond donors (Lipinski definition) is 0. The van der Waals surface area contributed by atoms with Crippen molar-refractivity contribution < 1.29 is 28.6 Å². The zero-order valence-corrected chi connectivity index (χ0v) is 39.1. The lowest BCUT2D eigenvalue weighted by Crippen LogP contribution is -2.30. The van der Waals surface area contributed by atoms with E-state index >= 15 is 0 Å². The molecule has 0 aromatic carbocycles. The number of esters is 3. The second-order valence-corrected chi connectivity index (χ2v) is 15.6. The molecule has 6 nitrogen and oxygen atoms in total. The predicted molar refractivity (Wildman–Crippen MR) is 260 cm³/mol. The Morgan fingerprint density at radius 2 is 0.672 bits per heavy atom. The van der Waals surface area contributed by atoms with Crippen molar-refractivity contribution >= 4 is 17.9 Å². The van der Waals surface area contributed by atoms with Gasteiger partial charge in [-0.05, 0) is 83.5 Å². The van der Waals surface area contributed by atoms with Crippen molar-refractivity contribution in [1.82, 2.24) is 0 Å². The summed E-state index contributed by atoms with van der Waals surface area (Å²) in [7, 11) is 0. The summed E-state index contributed by atoms with van der Waals surface area (Å²) in [5.41, 5.74) is 0. The van der Waals surface area contributed by atoms with Crippen LogP contribution in [0.1, 0.15) is 201 Å². The van der Waals surface area contributed by atoms with Crippen LogP contribution in [0.15, 0.2) is 109 Å². The maximum absolute atomic E-state index is 12.7. The summed E-state index contributed by atoms with van der Waals surface area (Å²) < 4.78 is 16.6. The summed E-state index contributed by atoms with van der Waals surface area (Å²) in [5, 5.41) is 0. The van der Waals surface area contributed by atoms with Crippen LogP contribution in [0, 0.1) is 0 Å². The zero-order chi connectivity index (χ0) is 44.4. The van der Waals surface area contributed by atoms with E-state index in [1.54, 1.807) is 0 Å². The minimum Gasteiger partial charge on any atom is -0.462 e. The maximum Gasteiger partial charge on any atom is 0.306 e. The van der Waals surface area contributed by atoms with Crippen LogP contribution in [0.2, 0.25) is 0 Å². The number of hydrogen-bond acceptors (Lipinski definition) is 6. The third-order valence-corrected chi connectivity index (χ3v) is 9.79. The quantitative estimate of drug-likeness (QED) is 0.0264. The van der Waals surface area contributed by atoms with Crippen molar-refractivity contribution in [2.45, 2.75) is 207 Å². The van der Waals surface area contributed by atoms with Crippen LogP contribution in [0.4, 0.5) is 0 Å². The van der Waals surface area contributed by atoms with Gasteiger partial charge in [-0.2, -0.15) is 0 Å². The van der Waals surface area contributed by atoms with E-state index < -0.39 is 6.10 Å². The van der Waals surface area contributed by atoms with E-state index in [-0.39, 0.29) is 44.0 Å². The lowest BCUT2D eigenvalue weighted by atomic mass is 10.0. The first kappa shape index (κ1) is 57.1. The summed E-state index contributed by atoms with van der Waals surface area (Å²) in [5.74, 6) is -1.07. The van der Waals surface area contributed by atoms with E-state index in [9.17, 15) is 14.4 Å². The summed E-state index contributed by atoms with van der Waals surface area (Å²) in [4.78, 5) is 37.8. The number of unbranched alkanes of at least 4 members (excludes halogenated alkanes) is 13. The van der Waals surface area contributed by atoms with Crippen molar-refractivity contribution in [2.24, 2.45) is 0 Å². The Balaban J connectivity index is 4.54. The first-order chi connectivity index (χ1) is 30.0. The lowest BCUT2D eigenvalue weighted by Gasteiger charge is -2.18. The van der Waals surface area contributed by atoms with Crippen molar-refractivity contribution in [1.29, 1.82) is 0 Å². The molecule has 0 N–H and O–H groups in total. The Labute approximate surface area is 374 Å². The topological polar surface area (TPSA) is 78.9 Å². The summed E-state index contributed by atoms with van der Waals surface area (Å²) in [6.07, 6.45) is 65.2. The molecule has 6 heteroatoms. The number of rotatable bonds is 42. The van der Waals surface area contributed by atoms with Crippen molar-refractivity contribution in [3.8, 4) is 0 Å². The second kappa shape index (κ2) is 48.7. The van der Waals surface area contributed by atoms with Gasteiger partial charge in [0.15, 0.2) is 6.10 Å². The highest BCUT2D eigenvalue weighted by Crippen LogP contribution is 2.14. The molecule has 0 aromatic heterocycles. The Morgan fingerprint density at radius 1 is 0.344 bits per heavy atom. The highest BCUT2D eigenvalue weighted by atomic mass is 16.6. The average molecular weight is 845 g/mol. The van der Waals surface area contributed by atoms with Gasteiger partial charge >= 0.3 is 17.9 Å². The van der Waals surface area contributed by atoms with Crippen molar-refractivity contribution in [3.63, 3.8) is 0 Å². The molecule has 0 aliphatic heterocycles. The van der Waals surface area contributed by atoms with Crippen LogP contribution < -0.4 is 0 Å². The molecular formula is C55H88O6. The van der Waals surface area contributed by atoms with Gasteiger partial charge in [-0.25, -0.2) is 0 Å². The minimum atomic E-state index is -0.827. The van der Waals surface area contributed by atoms with E-state index in [2.05, 4.69) is 118 Å². The van der Waals surface area contributed by atoms with Gasteiger partial charge in [-0.1, -0.05) is 207 Å². The fourth-order valence-corrected chi connectivity index (χ4v) is 6.20. The molecule has 0 heterocycles. The number of ether oxygens (including phenoxy) is 3. The van der Waals surface area contributed by atoms with E-state index in [0.29, 0.717) is 19.3 Å². The molecule has 0 aromatic rings. The fourth-order valence-electron chi connectivity index (χ4n) is 6.20. The molecule has 0 aliphatic rings. The largest absolute Gasteiger partial charge is 0.462 e. The third kappa shape index (κ3) is 47.0. The first-order valence-corrected chi connectivity index (χ1v) is 24.4. The van der Waals surface area contributed by atoms with Gasteiger partial charge in [0.05, 0.1) is 0 Å². The molecule has 0 aliphatic carbocycles. The van der Waals surface area contributed by atoms with Gasteiger partial charge in [0.1, 0.15) is 13.2 Å². The molecule has 1 unspecified atom stereocenters. The van der Waals surface area contributed by atoms with E-state index in [4.69, 9.17) is 14.2 Å². The third-order valence-electron chi connectivity index (χ3n) is 9.79. The van der Waals surface area contributed by atoms with Gasteiger partial charge in [0, 0.05) is 19.3 Å². The van der Waals surface area contributed by atoms with Crippen molar-refractivity contribution in [3.05, 3.63) is 109 Å². The SMILES string of the molecule is CC/C=C\C/C=C\C/C=C\C/C=C\C/C=C\C/C=C\CCC(=O)OCC(COC(=O)CCC/C=C\C/C=C\C/C=C\CC)OC(=O)CCCCCCCCCCCCCCC. The standard InChI is InChI=1S/C55H88O6/c1-4-7-10-13-16-19-22-24-25-26-27-28-29-31-33-36-39-42-45-48-54(57)60-51-52(50-59-53(56)47-44-41-38-35-32-21-18-15-12-9-6-3)61-55(58)49-46-43-40-37-34-30-23-20-17-14-11-8-5-2/h7,9-10,12,16,18-19,21,24-25,27-28,31,33,35,38-39,42,52H,4-6,8,11,13-15,17,20,22-23,26,29-30,32,34,36-37,40-41,43-51H2,1-3H3/b10-7-,12-9-,19-16-,21-18-,25-24-,28-27-,33-31-,38-35-,42-39-. The molecule has 0 rings (SSSR count). The maximum atomic E-state index is 12.7. The molecule has 0 fully saturated rings. The van der Waals surface area contributed by atoms with Crippen LogP contribution >= 0.6 is 0 Å². The molecule has 344 valence electrons. The lowest BCUT2D eigenvalue weighted by molar-refractivity contribution is -0.166. The van der Waals surface area contributed by atoms with E-state index in [1.807, 2.05) is 12.2 Å². The number of allylic oxidation sites excluding steroid dienone is 18. The van der Waals surface area contributed by atoms with E-state index in [0.717, 1.165) is 83.5 Å². The predicted octanol–water partition coefficient (Wildman–Crippen LogP) is 16.0. The zero-order valence-electron chi connectivity index (χ0n) is 39.1. The molecule has 0 radical (unpaired) electrons. The Hall–Kier alpha value is -3.93. The summed E-state index contributed by atoms with van der Waals surface area (Å²) in [6, 6.07) is 0. The Morgan fingerprint density at radius 3 is 1.08 bits per heavy atom. The smallest absolute Gasteiger partial charge is 0.306 e. The molecule has 0 bridgehead atoms. The van der Waals surface area contributed by atoms with Gasteiger partial charge in [0.2, 0.25) is 0 Å². The molecule has 61 heavy (non-hydrogen) atoms. The molecule has 0 saturated heterocycles. The van der Waals surface area contributed by atoms with Crippen molar-refractivity contribution in [2.75, 3.05) is 13.2 Å². The highest BCUT2D eigenvalue weighted by molar-refractivity contribution is 5.71. The van der Waals surface area contributed by atoms with Crippen LogP contribution in [-0.4, -0.2) is 37.2 Å². The molecule has 0 amide bonds. The highest BCUT2D eigenvalue weighted by Gasteiger charge is 2.19. The second-order valence-electron chi connectivity index (χ2n) is 15.6. The summed E-state index contributed by atoms with van der Waals surface area (Å²) >= 11 is 0. The molecule has 0 saturated carbocycles. The van der Waals surface area contributed by atoms with Crippen LogP contribution in [0.3, 0.4) is 0 Å². The van der Waals surface area contributed by atoms with Crippen LogP contribution in [0.5, 0.6) is 0 Å². The van der Waals surface area contributed by atoms with Crippen LogP contribution in [-0.2, 0) is 28.6 Å². The van der Waals surface area contributed by atoms with Crippen LogP contribution in [0.25, 0.3) is 0 Å². The van der Waals surface area contributed by atoms with Gasteiger partial charge < -0.3 is 14.2 Å². The van der Waals surface area contributed by atoms with Gasteiger partial charge in [0.25, 0.3) is 0 Å². The van der Waals surface area contributed by atoms with Gasteiger partial charge in [-0.15, -0.1) is 0 Å². The number of carbonyl (C=O) groups is 3. The fraction of sp³-hybridized carbons (Fsp3) is 0.618. The molecular weight excluding hydrogens is 757 g/mol. The monoisotopic (exact) mass is 845 g/mol. The summed E-state index contributed by atoms with van der Waals surface area (Å²) in [6.45, 7) is 6.27. The molecule has 0 spiro atoms. The number of carbonyl (C=O) groups excluding carboxylic acids is 3. The average Bonchev–Trinajstić information content (AvgIpc) is 3.26. The van der Waals surface area contributed by atoms with E-state index in [1.165, 1.54) is 64.2 Å². The van der Waals surface area contributed by atoms with Gasteiger partial charge in [-0.3, -0.25) is 14.4 Å².